The quantitative estimate of drug-likeness (QED) is 0.550. The number of benzene rings is 2. The largest absolute Gasteiger partial charge is 0.386 e. The van der Waals surface area contributed by atoms with Gasteiger partial charge >= 0.3 is 0 Å². The molecule has 0 saturated carbocycles. The van der Waals surface area contributed by atoms with E-state index in [0.29, 0.717) is 17.9 Å². The van der Waals surface area contributed by atoms with E-state index in [9.17, 15) is 14.0 Å². The van der Waals surface area contributed by atoms with Crippen molar-refractivity contribution in [3.63, 3.8) is 0 Å². The fourth-order valence-corrected chi connectivity index (χ4v) is 2.06. The molecule has 0 fully saturated rings. The Bertz CT molecular complexity index is 853. The van der Waals surface area contributed by atoms with Crippen molar-refractivity contribution in [2.24, 2.45) is 0 Å². The third kappa shape index (κ3) is 5.76. The summed E-state index contributed by atoms with van der Waals surface area (Å²) in [5, 5.41) is 17.2. The molecule has 7 heteroatoms. The summed E-state index contributed by atoms with van der Waals surface area (Å²) >= 11 is 0. The van der Waals surface area contributed by atoms with Gasteiger partial charge in [0.05, 0.1) is 0 Å². The number of nitrogens with one attached hydrogen (secondary N) is 3. The predicted octanol–water partition coefficient (Wildman–Crippen LogP) is 2.92. The molecular formula is C19H17FN4O2. The van der Waals surface area contributed by atoms with Gasteiger partial charge in [-0.15, -0.1) is 0 Å². The lowest BCUT2D eigenvalue weighted by atomic mass is 10.2. The maximum atomic E-state index is 12.8. The molecule has 2 amide bonds. The molecule has 0 saturated heterocycles. The summed E-state index contributed by atoms with van der Waals surface area (Å²) < 4.78 is 12.8. The van der Waals surface area contributed by atoms with Gasteiger partial charge in [-0.2, -0.15) is 5.26 Å². The second-order valence-corrected chi connectivity index (χ2v) is 5.39. The number of nitriles is 1. The smallest absolute Gasteiger partial charge is 0.267 e. The molecule has 0 unspecified atom stereocenters. The van der Waals surface area contributed by atoms with Crippen molar-refractivity contribution in [1.82, 2.24) is 5.32 Å². The minimum absolute atomic E-state index is 0.0990. The van der Waals surface area contributed by atoms with E-state index in [1.165, 1.54) is 25.3 Å². The van der Waals surface area contributed by atoms with Crippen molar-refractivity contribution in [1.29, 1.82) is 5.26 Å². The number of carbonyl (C=O) groups is 2. The summed E-state index contributed by atoms with van der Waals surface area (Å²) in [5.41, 5.74) is 1.81. The lowest BCUT2D eigenvalue weighted by Crippen LogP contribution is -2.16. The van der Waals surface area contributed by atoms with Crippen molar-refractivity contribution in [3.05, 3.63) is 71.7 Å². The van der Waals surface area contributed by atoms with E-state index < -0.39 is 5.91 Å². The van der Waals surface area contributed by atoms with E-state index in [1.807, 2.05) is 6.07 Å². The molecule has 2 aromatic carbocycles. The molecule has 0 heterocycles. The summed E-state index contributed by atoms with van der Waals surface area (Å²) in [4.78, 5) is 23.1. The molecule has 0 radical (unpaired) electrons. The van der Waals surface area contributed by atoms with E-state index in [1.54, 1.807) is 36.4 Å². The van der Waals surface area contributed by atoms with Crippen molar-refractivity contribution < 1.29 is 14.0 Å². The Kier molecular flexibility index (Phi) is 6.46. The zero-order valence-corrected chi connectivity index (χ0v) is 14.0. The Hall–Kier alpha value is -3.66. The number of carbonyl (C=O) groups excluding carboxylic acids is 2. The molecule has 0 aliphatic carbocycles. The van der Waals surface area contributed by atoms with Crippen LogP contribution in [0.1, 0.15) is 12.5 Å². The second kappa shape index (κ2) is 8.99. The first-order valence-corrected chi connectivity index (χ1v) is 7.75. The molecule has 2 aromatic rings. The van der Waals surface area contributed by atoms with Crippen LogP contribution in [0.3, 0.4) is 0 Å². The van der Waals surface area contributed by atoms with Crippen molar-refractivity contribution in [2.45, 2.75) is 13.5 Å². The van der Waals surface area contributed by atoms with Crippen LogP contribution in [0, 0.1) is 17.1 Å². The first-order valence-electron chi connectivity index (χ1n) is 7.75. The normalized spacial score (nSPS) is 10.6. The van der Waals surface area contributed by atoms with Gasteiger partial charge in [0, 0.05) is 31.0 Å². The van der Waals surface area contributed by atoms with Crippen LogP contribution in [-0.2, 0) is 16.1 Å². The highest BCUT2D eigenvalue weighted by atomic mass is 19.1. The molecular weight excluding hydrogens is 335 g/mol. The van der Waals surface area contributed by atoms with E-state index >= 15 is 0 Å². The maximum absolute atomic E-state index is 12.8. The molecule has 0 spiro atoms. The summed E-state index contributed by atoms with van der Waals surface area (Å²) in [6, 6.07) is 14.2. The van der Waals surface area contributed by atoms with Gasteiger partial charge in [-0.25, -0.2) is 4.39 Å². The molecule has 0 atom stereocenters. The number of hydrogen-bond acceptors (Lipinski definition) is 4. The average molecular weight is 352 g/mol. The molecule has 132 valence electrons. The van der Waals surface area contributed by atoms with Crippen molar-refractivity contribution in [3.8, 4) is 6.07 Å². The number of hydrogen-bond donors (Lipinski definition) is 3. The maximum Gasteiger partial charge on any atom is 0.267 e. The van der Waals surface area contributed by atoms with E-state index in [2.05, 4.69) is 16.0 Å². The Balaban J connectivity index is 1.94. The van der Waals surface area contributed by atoms with Crippen LogP contribution in [0.5, 0.6) is 0 Å². The van der Waals surface area contributed by atoms with Gasteiger partial charge in [-0.05, 0) is 42.0 Å². The monoisotopic (exact) mass is 352 g/mol. The number of rotatable bonds is 6. The topological polar surface area (TPSA) is 94.0 Å². The lowest BCUT2D eigenvalue weighted by Gasteiger charge is -2.07. The molecule has 0 bridgehead atoms. The minimum atomic E-state index is -0.564. The zero-order chi connectivity index (χ0) is 18.9. The SMILES string of the molecule is CC(=O)Nc1ccc(NC(=O)/C(C#N)=C\NCc2ccc(F)cc2)cc1. The van der Waals surface area contributed by atoms with E-state index in [0.717, 1.165) is 5.56 Å². The average Bonchev–Trinajstić information content (AvgIpc) is 2.61. The number of amides is 2. The third-order valence-electron chi connectivity index (χ3n) is 3.29. The molecule has 6 nitrogen and oxygen atoms in total. The van der Waals surface area contributed by atoms with Crippen LogP contribution in [0.2, 0.25) is 0 Å². The molecule has 2 rings (SSSR count). The van der Waals surface area contributed by atoms with Gasteiger partial charge in [0.2, 0.25) is 5.91 Å². The van der Waals surface area contributed by atoms with Crippen LogP contribution in [0.25, 0.3) is 0 Å². The fraction of sp³-hybridized carbons (Fsp3) is 0.105. The van der Waals surface area contributed by atoms with Gasteiger partial charge < -0.3 is 16.0 Å². The molecule has 0 aromatic heterocycles. The first kappa shape index (κ1) is 18.7. The Morgan fingerprint density at radius 2 is 1.62 bits per heavy atom. The Morgan fingerprint density at radius 1 is 1.04 bits per heavy atom. The minimum Gasteiger partial charge on any atom is -0.386 e. The van der Waals surface area contributed by atoms with Crippen LogP contribution in [-0.4, -0.2) is 11.8 Å². The van der Waals surface area contributed by atoms with Gasteiger partial charge in [-0.3, -0.25) is 9.59 Å². The summed E-state index contributed by atoms with van der Waals surface area (Å²) in [7, 11) is 0. The predicted molar refractivity (Wildman–Crippen MR) is 96.3 cm³/mol. The molecule has 0 aliphatic heterocycles. The van der Waals surface area contributed by atoms with Gasteiger partial charge in [0.1, 0.15) is 17.5 Å². The lowest BCUT2D eigenvalue weighted by molar-refractivity contribution is -0.114. The van der Waals surface area contributed by atoms with Gasteiger partial charge in [0.15, 0.2) is 0 Å². The number of anilines is 2. The Labute approximate surface area is 150 Å². The Morgan fingerprint density at radius 3 is 2.15 bits per heavy atom. The van der Waals surface area contributed by atoms with Crippen molar-refractivity contribution >= 4 is 23.2 Å². The highest BCUT2D eigenvalue weighted by Gasteiger charge is 2.09. The first-order chi connectivity index (χ1) is 12.5. The number of nitrogens with zero attached hydrogens (tertiary/aromatic N) is 1. The van der Waals surface area contributed by atoms with Gasteiger partial charge in [0.25, 0.3) is 5.91 Å². The fourth-order valence-electron chi connectivity index (χ4n) is 2.06. The van der Waals surface area contributed by atoms with Crippen LogP contribution in [0.15, 0.2) is 60.3 Å². The van der Waals surface area contributed by atoms with Crippen LogP contribution >= 0.6 is 0 Å². The van der Waals surface area contributed by atoms with Crippen LogP contribution in [0.4, 0.5) is 15.8 Å². The third-order valence-corrected chi connectivity index (χ3v) is 3.29. The zero-order valence-electron chi connectivity index (χ0n) is 14.0. The highest BCUT2D eigenvalue weighted by Crippen LogP contribution is 2.14. The standard InChI is InChI=1S/C19H17FN4O2/c1-13(25)23-17-6-8-18(9-7-17)24-19(26)15(10-21)12-22-11-14-2-4-16(20)5-3-14/h2-9,12,22H,11H2,1H3,(H,23,25)(H,24,26)/b15-12-. The summed E-state index contributed by atoms with van der Waals surface area (Å²) in [6.45, 7) is 1.75. The van der Waals surface area contributed by atoms with E-state index in [4.69, 9.17) is 5.26 Å². The van der Waals surface area contributed by atoms with Crippen molar-refractivity contribution in [2.75, 3.05) is 10.6 Å². The molecule has 0 aliphatic rings. The highest BCUT2D eigenvalue weighted by molar-refractivity contribution is 6.06. The molecule has 3 N–H and O–H groups in total. The number of halogens is 1. The van der Waals surface area contributed by atoms with Gasteiger partial charge in [-0.1, -0.05) is 12.1 Å². The molecule has 26 heavy (non-hydrogen) atoms. The second-order valence-electron chi connectivity index (χ2n) is 5.39. The van der Waals surface area contributed by atoms with Crippen LogP contribution < -0.4 is 16.0 Å². The summed E-state index contributed by atoms with van der Waals surface area (Å²) in [6.07, 6.45) is 1.31. The summed E-state index contributed by atoms with van der Waals surface area (Å²) in [5.74, 6) is -1.08. The van der Waals surface area contributed by atoms with E-state index in [-0.39, 0.29) is 17.3 Å².